The van der Waals surface area contributed by atoms with Crippen LogP contribution in [0.3, 0.4) is 0 Å². The lowest BCUT2D eigenvalue weighted by molar-refractivity contribution is -0.119. The van der Waals surface area contributed by atoms with Gasteiger partial charge in [0, 0.05) is 6.61 Å². The molecule has 8 heteroatoms. The SMILES string of the molecule is CC(NC(=O)CSc1n[nH]c(=O)n1CC1CCCO1)c1ccc2ccccc2c1. The van der Waals surface area contributed by atoms with Gasteiger partial charge >= 0.3 is 5.69 Å². The minimum Gasteiger partial charge on any atom is -0.376 e. The zero-order valence-electron chi connectivity index (χ0n) is 16.3. The molecule has 0 bridgehead atoms. The lowest BCUT2D eigenvalue weighted by Gasteiger charge is -2.15. The van der Waals surface area contributed by atoms with E-state index in [0.717, 1.165) is 30.4 Å². The molecule has 152 valence electrons. The van der Waals surface area contributed by atoms with Gasteiger partial charge in [-0.25, -0.2) is 9.89 Å². The van der Waals surface area contributed by atoms with E-state index in [1.807, 2.05) is 25.1 Å². The number of H-pyrrole nitrogens is 1. The Labute approximate surface area is 172 Å². The van der Waals surface area contributed by atoms with Crippen LogP contribution in [0.4, 0.5) is 0 Å². The third-order valence-corrected chi connectivity index (χ3v) is 6.09. The molecule has 0 spiro atoms. The van der Waals surface area contributed by atoms with Crippen molar-refractivity contribution in [1.82, 2.24) is 20.1 Å². The molecule has 2 atom stereocenters. The summed E-state index contributed by atoms with van der Waals surface area (Å²) in [5, 5.41) is 12.4. The topological polar surface area (TPSA) is 89.0 Å². The lowest BCUT2D eigenvalue weighted by atomic mass is 10.0. The first kappa shape index (κ1) is 19.7. The Hall–Kier alpha value is -2.58. The van der Waals surface area contributed by atoms with Crippen molar-refractivity contribution in [3.05, 3.63) is 58.5 Å². The molecule has 2 N–H and O–H groups in total. The van der Waals surface area contributed by atoms with Crippen LogP contribution in [-0.4, -0.2) is 39.1 Å². The number of rotatable bonds is 7. The van der Waals surface area contributed by atoms with Crippen molar-refractivity contribution >= 4 is 28.4 Å². The van der Waals surface area contributed by atoms with Gasteiger partial charge in [-0.15, -0.1) is 5.10 Å². The number of aromatic amines is 1. The average Bonchev–Trinajstić information content (AvgIpc) is 3.37. The third-order valence-electron chi connectivity index (χ3n) is 5.12. The molecule has 1 aromatic heterocycles. The van der Waals surface area contributed by atoms with Gasteiger partial charge in [0.25, 0.3) is 0 Å². The molecular weight excluding hydrogens is 388 g/mol. The average molecular weight is 413 g/mol. The Bertz CT molecular complexity index is 1060. The van der Waals surface area contributed by atoms with E-state index in [4.69, 9.17) is 4.74 Å². The van der Waals surface area contributed by atoms with Gasteiger partial charge < -0.3 is 10.1 Å². The predicted octanol–water partition coefficient (Wildman–Crippen LogP) is 2.87. The Balaban J connectivity index is 1.35. The van der Waals surface area contributed by atoms with Crippen molar-refractivity contribution in [3.8, 4) is 0 Å². The number of hydrogen-bond acceptors (Lipinski definition) is 5. The summed E-state index contributed by atoms with van der Waals surface area (Å²) in [5.74, 6) is 0.0862. The number of carbonyl (C=O) groups is 1. The van der Waals surface area contributed by atoms with Crippen molar-refractivity contribution in [2.45, 2.75) is 43.6 Å². The van der Waals surface area contributed by atoms with Crippen molar-refractivity contribution in [2.24, 2.45) is 0 Å². The minimum absolute atomic E-state index is 0.0337. The van der Waals surface area contributed by atoms with Gasteiger partial charge in [0.05, 0.1) is 24.4 Å². The Morgan fingerprint density at radius 3 is 2.97 bits per heavy atom. The molecule has 0 aliphatic carbocycles. The predicted molar refractivity (Wildman–Crippen MR) is 113 cm³/mol. The second-order valence-electron chi connectivity index (χ2n) is 7.24. The van der Waals surface area contributed by atoms with Gasteiger partial charge in [-0.3, -0.25) is 9.36 Å². The van der Waals surface area contributed by atoms with Crippen LogP contribution >= 0.6 is 11.8 Å². The molecule has 7 nitrogen and oxygen atoms in total. The van der Waals surface area contributed by atoms with Crippen LogP contribution in [0.25, 0.3) is 10.8 Å². The zero-order chi connectivity index (χ0) is 20.2. The van der Waals surface area contributed by atoms with Crippen LogP contribution in [0.1, 0.15) is 31.4 Å². The van der Waals surface area contributed by atoms with Crippen LogP contribution in [0, 0.1) is 0 Å². The summed E-state index contributed by atoms with van der Waals surface area (Å²) in [6.07, 6.45) is 1.98. The number of hydrogen-bond donors (Lipinski definition) is 2. The maximum Gasteiger partial charge on any atom is 0.344 e. The summed E-state index contributed by atoms with van der Waals surface area (Å²) >= 11 is 1.25. The fourth-order valence-electron chi connectivity index (χ4n) is 3.54. The van der Waals surface area contributed by atoms with Crippen molar-refractivity contribution < 1.29 is 9.53 Å². The molecule has 0 saturated carbocycles. The van der Waals surface area contributed by atoms with Crippen LogP contribution in [0.5, 0.6) is 0 Å². The van der Waals surface area contributed by atoms with Gasteiger partial charge in [0.1, 0.15) is 0 Å². The first-order valence-electron chi connectivity index (χ1n) is 9.78. The van der Waals surface area contributed by atoms with E-state index in [0.29, 0.717) is 11.7 Å². The highest BCUT2D eigenvalue weighted by molar-refractivity contribution is 7.99. The summed E-state index contributed by atoms with van der Waals surface area (Å²) < 4.78 is 7.16. The fourth-order valence-corrected chi connectivity index (χ4v) is 4.31. The van der Waals surface area contributed by atoms with E-state index >= 15 is 0 Å². The van der Waals surface area contributed by atoms with Crippen LogP contribution in [0.15, 0.2) is 52.4 Å². The van der Waals surface area contributed by atoms with Crippen molar-refractivity contribution in [1.29, 1.82) is 0 Å². The normalized spacial score (nSPS) is 17.5. The largest absolute Gasteiger partial charge is 0.376 e. The first-order valence-corrected chi connectivity index (χ1v) is 10.8. The zero-order valence-corrected chi connectivity index (χ0v) is 17.1. The van der Waals surface area contributed by atoms with Crippen molar-refractivity contribution in [3.63, 3.8) is 0 Å². The molecule has 2 unspecified atom stereocenters. The number of fused-ring (bicyclic) bond motifs is 1. The molecule has 2 aromatic carbocycles. The third kappa shape index (κ3) is 4.71. The van der Waals surface area contributed by atoms with Gasteiger partial charge in [0.2, 0.25) is 5.91 Å². The van der Waals surface area contributed by atoms with E-state index in [1.54, 1.807) is 4.57 Å². The van der Waals surface area contributed by atoms with Gasteiger partial charge in [0.15, 0.2) is 5.16 Å². The van der Waals surface area contributed by atoms with Crippen LogP contribution in [-0.2, 0) is 16.1 Å². The molecule has 0 radical (unpaired) electrons. The van der Waals surface area contributed by atoms with E-state index in [1.165, 1.54) is 17.1 Å². The molecule has 1 aliphatic rings. The highest BCUT2D eigenvalue weighted by Gasteiger charge is 2.20. The van der Waals surface area contributed by atoms with Crippen LogP contribution < -0.4 is 11.0 Å². The van der Waals surface area contributed by atoms with Gasteiger partial charge in [-0.05, 0) is 42.2 Å². The number of nitrogens with zero attached hydrogens (tertiary/aromatic N) is 2. The number of amides is 1. The smallest absolute Gasteiger partial charge is 0.344 e. The van der Waals surface area contributed by atoms with E-state index in [9.17, 15) is 9.59 Å². The molecule has 4 rings (SSSR count). The summed E-state index contributed by atoms with van der Waals surface area (Å²) in [6, 6.07) is 14.2. The second kappa shape index (κ2) is 8.84. The monoisotopic (exact) mass is 412 g/mol. The molecule has 3 aromatic rings. The number of thioether (sulfide) groups is 1. The quantitative estimate of drug-likeness (QED) is 0.583. The number of aromatic nitrogens is 3. The number of carbonyl (C=O) groups excluding carboxylic acids is 1. The Morgan fingerprint density at radius 1 is 1.34 bits per heavy atom. The molecule has 1 amide bonds. The number of nitrogens with one attached hydrogen (secondary N) is 2. The second-order valence-corrected chi connectivity index (χ2v) is 8.18. The maximum atomic E-state index is 12.4. The number of benzene rings is 2. The minimum atomic E-state index is -0.270. The van der Waals surface area contributed by atoms with Crippen molar-refractivity contribution in [2.75, 3.05) is 12.4 Å². The van der Waals surface area contributed by atoms with Crippen LogP contribution in [0.2, 0.25) is 0 Å². The fraction of sp³-hybridized carbons (Fsp3) is 0.381. The highest BCUT2D eigenvalue weighted by atomic mass is 32.2. The highest BCUT2D eigenvalue weighted by Crippen LogP contribution is 2.21. The summed E-state index contributed by atoms with van der Waals surface area (Å²) in [5.41, 5.74) is 0.782. The van der Waals surface area contributed by atoms with Gasteiger partial charge in [-0.1, -0.05) is 48.2 Å². The van der Waals surface area contributed by atoms with E-state index in [2.05, 4.69) is 39.8 Å². The molecule has 1 fully saturated rings. The number of ether oxygens (including phenoxy) is 1. The van der Waals surface area contributed by atoms with Gasteiger partial charge in [-0.2, -0.15) is 0 Å². The molecule has 1 aliphatic heterocycles. The summed E-state index contributed by atoms with van der Waals surface area (Å²) in [6.45, 7) is 3.16. The summed E-state index contributed by atoms with van der Waals surface area (Å²) in [4.78, 5) is 24.5. The molecule has 29 heavy (non-hydrogen) atoms. The molecular formula is C21H24N4O3S. The first-order chi connectivity index (χ1) is 14.1. The standard InChI is InChI=1S/C21H24N4O3S/c1-14(16-9-8-15-5-2-3-6-17(15)11-16)22-19(26)13-29-21-24-23-20(27)25(21)12-18-7-4-10-28-18/h2-3,5-6,8-9,11,14,18H,4,7,10,12-13H2,1H3,(H,22,26)(H,23,27). The van der Waals surface area contributed by atoms with E-state index < -0.39 is 0 Å². The molecule has 2 heterocycles. The molecule has 1 saturated heterocycles. The lowest BCUT2D eigenvalue weighted by Crippen LogP contribution is -2.29. The Kier molecular flexibility index (Phi) is 6.01. The Morgan fingerprint density at radius 2 is 2.17 bits per heavy atom. The van der Waals surface area contributed by atoms with E-state index in [-0.39, 0.29) is 29.5 Å². The summed E-state index contributed by atoms with van der Waals surface area (Å²) in [7, 11) is 0. The maximum absolute atomic E-state index is 12.4.